The maximum Gasteiger partial charge on any atom is 0.282 e. The van der Waals surface area contributed by atoms with Gasteiger partial charge in [-0.1, -0.05) is 13.8 Å². The summed E-state index contributed by atoms with van der Waals surface area (Å²) in [6, 6.07) is -0.626. The fraction of sp³-hybridized carbons (Fsp3) is 0.889. The lowest BCUT2D eigenvalue weighted by Gasteiger charge is -2.35. The Morgan fingerprint density at radius 1 is 1.44 bits per heavy atom. The molecule has 1 rings (SSSR count). The van der Waals surface area contributed by atoms with Crippen molar-refractivity contribution in [3.63, 3.8) is 0 Å². The molecule has 1 fully saturated rings. The van der Waals surface area contributed by atoms with E-state index >= 15 is 0 Å². The maximum absolute atomic E-state index is 12.2. The van der Waals surface area contributed by atoms with Gasteiger partial charge < -0.3 is 5.32 Å². The first-order valence-electron chi connectivity index (χ1n) is 5.49. The van der Waals surface area contributed by atoms with Crippen molar-refractivity contribution in [2.24, 2.45) is 0 Å². The first-order valence-corrected chi connectivity index (χ1v) is 6.89. The summed E-state index contributed by atoms with van der Waals surface area (Å²) in [6.07, 6.45) is 0. The number of amides is 1. The average molecular weight is 249 g/mol. The van der Waals surface area contributed by atoms with Crippen molar-refractivity contribution < 1.29 is 13.2 Å². The van der Waals surface area contributed by atoms with Crippen molar-refractivity contribution in [3.8, 4) is 0 Å². The van der Waals surface area contributed by atoms with Crippen LogP contribution in [0.25, 0.3) is 0 Å². The van der Waals surface area contributed by atoms with Gasteiger partial charge in [0.2, 0.25) is 5.91 Å². The zero-order chi connectivity index (χ0) is 12.3. The zero-order valence-corrected chi connectivity index (χ0v) is 10.7. The molecular formula is C9H19N3O3S. The van der Waals surface area contributed by atoms with Crippen LogP contribution in [0, 0.1) is 0 Å². The molecule has 0 aliphatic carbocycles. The standard InChI is InChI=1S/C9H19N3O3S/c1-4-11(5-2)16(14,15)12-7-6-10-9(13)8(12)3/h8H,4-7H2,1-3H3,(H,10,13). The molecule has 1 saturated heterocycles. The average Bonchev–Trinajstić information content (AvgIpc) is 2.23. The van der Waals surface area contributed by atoms with Gasteiger partial charge in [-0.05, 0) is 6.92 Å². The summed E-state index contributed by atoms with van der Waals surface area (Å²) in [5, 5.41) is 2.65. The fourth-order valence-corrected chi connectivity index (χ4v) is 3.54. The number of rotatable bonds is 4. The first-order chi connectivity index (χ1) is 7.45. The molecule has 7 heteroatoms. The van der Waals surface area contributed by atoms with E-state index in [-0.39, 0.29) is 5.91 Å². The number of hydrogen-bond acceptors (Lipinski definition) is 3. The van der Waals surface area contributed by atoms with E-state index in [0.717, 1.165) is 0 Å². The summed E-state index contributed by atoms with van der Waals surface area (Å²) in [5.74, 6) is -0.234. The van der Waals surface area contributed by atoms with Gasteiger partial charge in [-0.2, -0.15) is 17.0 Å². The molecule has 1 amide bonds. The van der Waals surface area contributed by atoms with E-state index in [9.17, 15) is 13.2 Å². The number of piperazine rings is 1. The Morgan fingerprint density at radius 2 is 2.00 bits per heavy atom. The molecule has 1 N–H and O–H groups in total. The van der Waals surface area contributed by atoms with Gasteiger partial charge in [0.15, 0.2) is 0 Å². The van der Waals surface area contributed by atoms with Gasteiger partial charge in [-0.25, -0.2) is 0 Å². The van der Waals surface area contributed by atoms with Crippen molar-refractivity contribution in [1.29, 1.82) is 0 Å². The minimum Gasteiger partial charge on any atom is -0.353 e. The smallest absolute Gasteiger partial charge is 0.282 e. The van der Waals surface area contributed by atoms with Crippen LogP contribution in [0.3, 0.4) is 0 Å². The Labute approximate surface area is 96.8 Å². The molecule has 0 saturated carbocycles. The molecule has 0 aromatic rings. The van der Waals surface area contributed by atoms with E-state index in [0.29, 0.717) is 26.2 Å². The normalized spacial score (nSPS) is 23.5. The van der Waals surface area contributed by atoms with Crippen molar-refractivity contribution in [3.05, 3.63) is 0 Å². The Balaban J connectivity index is 2.94. The Bertz CT molecular complexity index is 351. The van der Waals surface area contributed by atoms with E-state index in [1.807, 2.05) is 0 Å². The van der Waals surface area contributed by atoms with Crippen molar-refractivity contribution in [2.75, 3.05) is 26.2 Å². The summed E-state index contributed by atoms with van der Waals surface area (Å²) >= 11 is 0. The minimum absolute atomic E-state index is 0.234. The molecule has 16 heavy (non-hydrogen) atoms. The number of carbonyl (C=O) groups excluding carboxylic acids is 1. The van der Waals surface area contributed by atoms with Crippen LogP contribution in [-0.2, 0) is 15.0 Å². The first kappa shape index (κ1) is 13.4. The second kappa shape index (κ2) is 5.11. The summed E-state index contributed by atoms with van der Waals surface area (Å²) < 4.78 is 27.0. The molecule has 1 aliphatic heterocycles. The number of nitrogens with one attached hydrogen (secondary N) is 1. The van der Waals surface area contributed by atoms with Crippen LogP contribution in [0.4, 0.5) is 0 Å². The van der Waals surface area contributed by atoms with E-state index in [2.05, 4.69) is 5.32 Å². The van der Waals surface area contributed by atoms with Gasteiger partial charge >= 0.3 is 0 Å². The molecular weight excluding hydrogens is 230 g/mol. The predicted octanol–water partition coefficient (Wildman–Crippen LogP) is -0.607. The van der Waals surface area contributed by atoms with E-state index in [4.69, 9.17) is 0 Å². The van der Waals surface area contributed by atoms with Crippen molar-refractivity contribution in [1.82, 2.24) is 13.9 Å². The Morgan fingerprint density at radius 3 is 2.50 bits per heavy atom. The van der Waals surface area contributed by atoms with E-state index < -0.39 is 16.3 Å². The highest BCUT2D eigenvalue weighted by Crippen LogP contribution is 2.14. The molecule has 0 spiro atoms. The van der Waals surface area contributed by atoms with Crippen LogP contribution in [0.15, 0.2) is 0 Å². The van der Waals surface area contributed by atoms with Crippen molar-refractivity contribution in [2.45, 2.75) is 26.8 Å². The molecule has 1 unspecified atom stereocenters. The minimum atomic E-state index is -3.50. The molecule has 0 radical (unpaired) electrons. The zero-order valence-electron chi connectivity index (χ0n) is 9.93. The molecule has 0 aromatic heterocycles. The van der Waals surface area contributed by atoms with Crippen LogP contribution >= 0.6 is 0 Å². The van der Waals surface area contributed by atoms with E-state index in [1.165, 1.54) is 8.61 Å². The summed E-state index contributed by atoms with van der Waals surface area (Å²) in [7, 11) is -3.50. The third-order valence-electron chi connectivity index (χ3n) is 2.77. The largest absolute Gasteiger partial charge is 0.353 e. The molecule has 1 heterocycles. The third-order valence-corrected chi connectivity index (χ3v) is 5.03. The SMILES string of the molecule is CCN(CC)S(=O)(=O)N1CCNC(=O)C1C. The molecule has 0 bridgehead atoms. The number of carbonyl (C=O) groups is 1. The lowest BCUT2D eigenvalue weighted by atomic mass is 10.2. The number of hydrogen-bond donors (Lipinski definition) is 1. The van der Waals surface area contributed by atoms with E-state index in [1.54, 1.807) is 20.8 Å². The quantitative estimate of drug-likeness (QED) is 0.723. The summed E-state index contributed by atoms with van der Waals surface area (Å²) in [6.45, 7) is 6.74. The van der Waals surface area contributed by atoms with Gasteiger partial charge in [0, 0.05) is 26.2 Å². The second-order valence-corrected chi connectivity index (χ2v) is 5.55. The van der Waals surface area contributed by atoms with Gasteiger partial charge in [-0.3, -0.25) is 4.79 Å². The lowest BCUT2D eigenvalue weighted by Crippen LogP contribution is -2.58. The molecule has 6 nitrogen and oxygen atoms in total. The predicted molar refractivity (Wildman–Crippen MR) is 61.0 cm³/mol. The van der Waals surface area contributed by atoms with Crippen LogP contribution in [0.2, 0.25) is 0 Å². The molecule has 1 aliphatic rings. The highest BCUT2D eigenvalue weighted by molar-refractivity contribution is 7.86. The third kappa shape index (κ3) is 2.36. The van der Waals surface area contributed by atoms with Gasteiger partial charge in [-0.15, -0.1) is 0 Å². The lowest BCUT2D eigenvalue weighted by molar-refractivity contribution is -0.126. The summed E-state index contributed by atoms with van der Waals surface area (Å²) in [5.41, 5.74) is 0. The Hall–Kier alpha value is -0.660. The Kier molecular flexibility index (Phi) is 4.28. The highest BCUT2D eigenvalue weighted by atomic mass is 32.2. The van der Waals surface area contributed by atoms with Crippen LogP contribution in [0.5, 0.6) is 0 Å². The number of nitrogens with zero attached hydrogens (tertiary/aromatic N) is 2. The topological polar surface area (TPSA) is 69.7 Å². The summed E-state index contributed by atoms with van der Waals surface area (Å²) in [4.78, 5) is 11.4. The van der Waals surface area contributed by atoms with Gasteiger partial charge in [0.25, 0.3) is 10.2 Å². The van der Waals surface area contributed by atoms with Crippen LogP contribution < -0.4 is 5.32 Å². The maximum atomic E-state index is 12.2. The van der Waals surface area contributed by atoms with Gasteiger partial charge in [0.1, 0.15) is 6.04 Å². The second-order valence-electron chi connectivity index (χ2n) is 3.67. The van der Waals surface area contributed by atoms with Crippen LogP contribution in [0.1, 0.15) is 20.8 Å². The van der Waals surface area contributed by atoms with Crippen molar-refractivity contribution >= 4 is 16.1 Å². The fourth-order valence-electron chi connectivity index (χ4n) is 1.77. The van der Waals surface area contributed by atoms with Gasteiger partial charge in [0.05, 0.1) is 0 Å². The monoisotopic (exact) mass is 249 g/mol. The highest BCUT2D eigenvalue weighted by Gasteiger charge is 2.37. The molecule has 94 valence electrons. The van der Waals surface area contributed by atoms with Crippen LogP contribution in [-0.4, -0.2) is 55.2 Å². The molecule has 0 aromatic carbocycles. The molecule has 1 atom stereocenters.